The van der Waals surface area contributed by atoms with Crippen LogP contribution < -0.4 is 0 Å². The number of aryl methyl sites for hydroxylation is 1. The van der Waals surface area contributed by atoms with Gasteiger partial charge in [-0.05, 0) is 19.8 Å². The number of carbonyl (C=O) groups excluding carboxylic acids is 1. The van der Waals surface area contributed by atoms with Crippen LogP contribution >= 0.6 is 0 Å². The fourth-order valence-electron chi connectivity index (χ4n) is 2.14. The molecular formula is C11H16N2O2. The highest BCUT2D eigenvalue weighted by molar-refractivity contribution is 5.79. The van der Waals surface area contributed by atoms with Crippen LogP contribution in [0.15, 0.2) is 12.4 Å². The van der Waals surface area contributed by atoms with E-state index in [1.54, 1.807) is 6.20 Å². The van der Waals surface area contributed by atoms with Gasteiger partial charge in [0.05, 0.1) is 0 Å². The second-order valence-electron chi connectivity index (χ2n) is 4.11. The van der Waals surface area contributed by atoms with Crippen LogP contribution in [0.2, 0.25) is 0 Å². The van der Waals surface area contributed by atoms with Gasteiger partial charge >= 0.3 is 0 Å². The minimum Gasteiger partial charge on any atom is -0.382 e. The maximum absolute atomic E-state index is 11.1. The van der Waals surface area contributed by atoms with Gasteiger partial charge in [-0.1, -0.05) is 0 Å². The SMILES string of the molecule is CCn1ccnc1C1(O)CCC(=O)CC1. The molecule has 2 rings (SSSR count). The van der Waals surface area contributed by atoms with E-state index >= 15 is 0 Å². The maximum Gasteiger partial charge on any atom is 0.140 e. The molecule has 0 aliphatic heterocycles. The molecule has 0 bridgehead atoms. The quantitative estimate of drug-likeness (QED) is 0.795. The summed E-state index contributed by atoms with van der Waals surface area (Å²) in [5.74, 6) is 0.951. The van der Waals surface area contributed by atoms with Gasteiger partial charge in [0.1, 0.15) is 17.2 Å². The Morgan fingerprint density at radius 3 is 2.80 bits per heavy atom. The molecule has 0 spiro atoms. The lowest BCUT2D eigenvalue weighted by Gasteiger charge is -2.31. The van der Waals surface area contributed by atoms with Crippen molar-refractivity contribution >= 4 is 5.78 Å². The first-order chi connectivity index (χ1) is 7.15. The Labute approximate surface area is 88.9 Å². The van der Waals surface area contributed by atoms with Crippen molar-refractivity contribution in [3.63, 3.8) is 0 Å². The molecule has 1 saturated carbocycles. The van der Waals surface area contributed by atoms with Crippen molar-refractivity contribution in [2.75, 3.05) is 0 Å². The van der Waals surface area contributed by atoms with Crippen molar-refractivity contribution in [3.05, 3.63) is 18.2 Å². The average molecular weight is 208 g/mol. The van der Waals surface area contributed by atoms with E-state index < -0.39 is 5.60 Å². The topological polar surface area (TPSA) is 55.1 Å². The summed E-state index contributed by atoms with van der Waals surface area (Å²) in [6, 6.07) is 0. The Bertz CT molecular complexity index is 360. The fraction of sp³-hybridized carbons (Fsp3) is 0.636. The Hall–Kier alpha value is -1.16. The molecule has 0 aromatic carbocycles. The summed E-state index contributed by atoms with van der Waals surface area (Å²) in [5.41, 5.74) is -0.895. The Morgan fingerprint density at radius 1 is 1.53 bits per heavy atom. The van der Waals surface area contributed by atoms with E-state index in [0.29, 0.717) is 31.5 Å². The number of rotatable bonds is 2. The van der Waals surface area contributed by atoms with E-state index in [-0.39, 0.29) is 5.78 Å². The number of hydrogen-bond donors (Lipinski definition) is 1. The van der Waals surface area contributed by atoms with Gasteiger partial charge in [-0.15, -0.1) is 0 Å². The molecule has 0 amide bonds. The molecular weight excluding hydrogens is 192 g/mol. The number of imidazole rings is 1. The third-order valence-electron chi connectivity index (χ3n) is 3.11. The number of ketones is 1. The smallest absolute Gasteiger partial charge is 0.140 e. The molecule has 15 heavy (non-hydrogen) atoms. The standard InChI is InChI=1S/C11H16N2O2/c1-2-13-8-7-12-10(13)11(15)5-3-9(14)4-6-11/h7-8,15H,2-6H2,1H3. The molecule has 82 valence electrons. The van der Waals surface area contributed by atoms with E-state index in [1.165, 1.54) is 0 Å². The van der Waals surface area contributed by atoms with Crippen molar-refractivity contribution in [2.45, 2.75) is 44.8 Å². The van der Waals surface area contributed by atoms with Gasteiger partial charge in [-0.3, -0.25) is 4.79 Å². The van der Waals surface area contributed by atoms with E-state index in [0.717, 1.165) is 6.54 Å². The molecule has 1 N–H and O–H groups in total. The second-order valence-corrected chi connectivity index (χ2v) is 4.11. The van der Waals surface area contributed by atoms with Crippen LogP contribution in [-0.2, 0) is 16.9 Å². The van der Waals surface area contributed by atoms with Crippen LogP contribution in [0.25, 0.3) is 0 Å². The monoisotopic (exact) mass is 208 g/mol. The number of aliphatic hydroxyl groups is 1. The maximum atomic E-state index is 11.1. The van der Waals surface area contributed by atoms with E-state index in [2.05, 4.69) is 4.98 Å². The highest BCUT2D eigenvalue weighted by Crippen LogP contribution is 2.34. The lowest BCUT2D eigenvalue weighted by Crippen LogP contribution is -2.34. The van der Waals surface area contributed by atoms with Crippen LogP contribution in [-0.4, -0.2) is 20.4 Å². The van der Waals surface area contributed by atoms with E-state index in [9.17, 15) is 9.90 Å². The first kappa shape index (κ1) is 10.4. The van der Waals surface area contributed by atoms with Crippen LogP contribution in [0.1, 0.15) is 38.4 Å². The molecule has 0 radical (unpaired) electrons. The Kier molecular flexibility index (Phi) is 2.61. The number of Topliss-reactive ketones (excluding diaryl/α,β-unsaturated/α-hetero) is 1. The predicted molar refractivity (Wildman–Crippen MR) is 55.3 cm³/mol. The zero-order chi connectivity index (χ0) is 10.9. The van der Waals surface area contributed by atoms with Gasteiger partial charge < -0.3 is 9.67 Å². The van der Waals surface area contributed by atoms with Crippen molar-refractivity contribution in [1.82, 2.24) is 9.55 Å². The second kappa shape index (κ2) is 3.77. The van der Waals surface area contributed by atoms with Crippen molar-refractivity contribution in [2.24, 2.45) is 0 Å². The molecule has 0 unspecified atom stereocenters. The largest absolute Gasteiger partial charge is 0.382 e. The average Bonchev–Trinajstić information content (AvgIpc) is 2.71. The molecule has 1 fully saturated rings. The normalized spacial score (nSPS) is 20.5. The minimum absolute atomic E-state index is 0.245. The molecule has 1 aromatic rings. The Balaban J connectivity index is 2.25. The summed E-state index contributed by atoms with van der Waals surface area (Å²) < 4.78 is 1.94. The first-order valence-electron chi connectivity index (χ1n) is 5.41. The van der Waals surface area contributed by atoms with Gasteiger partial charge in [0.2, 0.25) is 0 Å². The molecule has 4 nitrogen and oxygen atoms in total. The zero-order valence-corrected chi connectivity index (χ0v) is 8.94. The molecule has 0 saturated heterocycles. The molecule has 1 aromatic heterocycles. The fourth-order valence-corrected chi connectivity index (χ4v) is 2.14. The van der Waals surface area contributed by atoms with E-state index in [1.807, 2.05) is 17.7 Å². The summed E-state index contributed by atoms with van der Waals surface area (Å²) in [6.45, 7) is 2.81. The summed E-state index contributed by atoms with van der Waals surface area (Å²) >= 11 is 0. The number of carbonyl (C=O) groups is 1. The van der Waals surface area contributed by atoms with Crippen molar-refractivity contribution < 1.29 is 9.90 Å². The number of nitrogens with zero attached hydrogens (tertiary/aromatic N) is 2. The van der Waals surface area contributed by atoms with Gasteiger partial charge in [0.25, 0.3) is 0 Å². The molecule has 1 aliphatic carbocycles. The van der Waals surface area contributed by atoms with Gasteiger partial charge in [-0.2, -0.15) is 0 Å². The van der Waals surface area contributed by atoms with Crippen molar-refractivity contribution in [1.29, 1.82) is 0 Å². The summed E-state index contributed by atoms with van der Waals surface area (Å²) in [4.78, 5) is 15.3. The van der Waals surface area contributed by atoms with Gasteiger partial charge in [0.15, 0.2) is 0 Å². The highest BCUT2D eigenvalue weighted by atomic mass is 16.3. The summed E-state index contributed by atoms with van der Waals surface area (Å²) in [5, 5.41) is 10.4. The number of aromatic nitrogens is 2. The van der Waals surface area contributed by atoms with Crippen LogP contribution in [0.5, 0.6) is 0 Å². The molecule has 1 heterocycles. The molecule has 4 heteroatoms. The zero-order valence-electron chi connectivity index (χ0n) is 8.94. The van der Waals surface area contributed by atoms with Gasteiger partial charge in [-0.25, -0.2) is 4.98 Å². The van der Waals surface area contributed by atoms with Crippen molar-refractivity contribution in [3.8, 4) is 0 Å². The molecule has 1 aliphatic rings. The third kappa shape index (κ3) is 1.81. The Morgan fingerprint density at radius 2 is 2.20 bits per heavy atom. The van der Waals surface area contributed by atoms with E-state index in [4.69, 9.17) is 0 Å². The van der Waals surface area contributed by atoms with Crippen LogP contribution in [0, 0.1) is 0 Å². The minimum atomic E-state index is -0.895. The summed E-state index contributed by atoms with van der Waals surface area (Å²) in [6.07, 6.45) is 5.50. The first-order valence-corrected chi connectivity index (χ1v) is 5.41. The lowest BCUT2D eigenvalue weighted by atomic mass is 9.83. The van der Waals surface area contributed by atoms with Gasteiger partial charge in [0, 0.05) is 31.8 Å². The van der Waals surface area contributed by atoms with Crippen LogP contribution in [0.4, 0.5) is 0 Å². The third-order valence-corrected chi connectivity index (χ3v) is 3.11. The van der Waals surface area contributed by atoms with Crippen LogP contribution in [0.3, 0.4) is 0 Å². The number of hydrogen-bond acceptors (Lipinski definition) is 3. The highest BCUT2D eigenvalue weighted by Gasteiger charge is 2.37. The predicted octanol–water partition coefficient (Wildman–Crippen LogP) is 1.23. The lowest BCUT2D eigenvalue weighted by molar-refractivity contribution is -0.126. The summed E-state index contributed by atoms with van der Waals surface area (Å²) in [7, 11) is 0. The molecule has 0 atom stereocenters.